The summed E-state index contributed by atoms with van der Waals surface area (Å²) in [5, 5.41) is 1.36. The monoisotopic (exact) mass is 509 g/mol. The number of fused-ring (bicyclic) bond motifs is 1. The number of nitrogens with zero attached hydrogens (tertiary/aromatic N) is 4. The van der Waals surface area contributed by atoms with Crippen LogP contribution < -0.4 is 15.2 Å². The van der Waals surface area contributed by atoms with Crippen molar-refractivity contribution in [3.63, 3.8) is 0 Å². The van der Waals surface area contributed by atoms with E-state index >= 15 is 0 Å². The molecule has 3 heterocycles. The molecule has 0 aliphatic carbocycles. The number of hydrogen-bond acceptors (Lipinski definition) is 6. The van der Waals surface area contributed by atoms with E-state index in [1.165, 1.54) is 6.33 Å². The molecule has 1 fully saturated rings. The van der Waals surface area contributed by atoms with Gasteiger partial charge in [0.05, 0.1) is 31.2 Å². The van der Waals surface area contributed by atoms with Gasteiger partial charge < -0.3 is 24.7 Å². The van der Waals surface area contributed by atoms with Crippen molar-refractivity contribution in [2.24, 2.45) is 0 Å². The van der Waals surface area contributed by atoms with Crippen LogP contribution in [0.15, 0.2) is 42.9 Å². The fourth-order valence-electron chi connectivity index (χ4n) is 3.92. The summed E-state index contributed by atoms with van der Waals surface area (Å²) in [5.74, 6) is 8.09. The number of carbonyl (C=O) groups excluding carboxylic acids is 1. The van der Waals surface area contributed by atoms with Gasteiger partial charge in [0.2, 0.25) is 5.91 Å². The Kier molecular flexibility index (Phi) is 6.84. The summed E-state index contributed by atoms with van der Waals surface area (Å²) >= 11 is 3.30. The average molecular weight is 510 g/mol. The number of ether oxygens (including phenoxy) is 2. The van der Waals surface area contributed by atoms with Gasteiger partial charge in [-0.1, -0.05) is 33.8 Å². The van der Waals surface area contributed by atoms with E-state index in [1.807, 2.05) is 23.2 Å². The maximum Gasteiger partial charge on any atom is 0.246 e. The van der Waals surface area contributed by atoms with Crippen LogP contribution in [0, 0.1) is 11.8 Å². The van der Waals surface area contributed by atoms with Crippen molar-refractivity contribution in [3.8, 4) is 23.3 Å². The Bertz CT molecular complexity index is 1250. The predicted octanol–water partition coefficient (Wildman–Crippen LogP) is 3.16. The number of benzene rings is 1. The average Bonchev–Trinajstić information content (AvgIpc) is 3.46. The minimum atomic E-state index is 0.00883. The molecule has 4 rings (SSSR count). The van der Waals surface area contributed by atoms with Crippen LogP contribution in [0.25, 0.3) is 11.0 Å². The standard InChI is InChI=1S/C24H24BrN5O3/c1-32-19-10-16(11-20(12-19)33-2)5-6-17-13-30(24-22(17)23(26)27-15-28-24)18-7-9-29(14-18)21(31)4-3-8-25/h3-4,10-13,15,18H,7-9,14H2,1-2H3,(H2,26,27,28). The molecule has 0 spiro atoms. The molecule has 8 nitrogen and oxygen atoms in total. The molecule has 1 aliphatic heterocycles. The molecule has 2 aromatic heterocycles. The fourth-order valence-corrected chi connectivity index (χ4v) is 4.11. The zero-order valence-corrected chi connectivity index (χ0v) is 20.0. The minimum Gasteiger partial charge on any atom is -0.497 e. The molecule has 1 saturated heterocycles. The maximum atomic E-state index is 12.4. The zero-order valence-electron chi connectivity index (χ0n) is 18.4. The van der Waals surface area contributed by atoms with E-state index in [2.05, 4.69) is 42.3 Å². The summed E-state index contributed by atoms with van der Waals surface area (Å²) in [6, 6.07) is 5.56. The molecular weight excluding hydrogens is 486 g/mol. The van der Waals surface area contributed by atoms with Gasteiger partial charge in [0.25, 0.3) is 0 Å². The maximum absolute atomic E-state index is 12.4. The third-order valence-corrected chi connectivity index (χ3v) is 5.92. The van der Waals surface area contributed by atoms with E-state index < -0.39 is 0 Å². The number of amides is 1. The Labute approximate surface area is 200 Å². The SMILES string of the molecule is COc1cc(C#Cc2cn(C3CCN(C(=O)C=CCBr)C3)c3ncnc(N)c23)cc(OC)c1. The first-order valence-corrected chi connectivity index (χ1v) is 11.5. The van der Waals surface area contributed by atoms with Crippen LogP contribution in [-0.4, -0.2) is 58.0 Å². The van der Waals surface area contributed by atoms with Gasteiger partial charge in [0.1, 0.15) is 29.3 Å². The van der Waals surface area contributed by atoms with Crippen molar-refractivity contribution in [3.05, 3.63) is 54.0 Å². The van der Waals surface area contributed by atoms with Crippen LogP contribution in [0.1, 0.15) is 23.6 Å². The number of allylic oxidation sites excluding steroid dienone is 1. The molecule has 33 heavy (non-hydrogen) atoms. The largest absolute Gasteiger partial charge is 0.497 e. The summed E-state index contributed by atoms with van der Waals surface area (Å²) < 4.78 is 12.7. The minimum absolute atomic E-state index is 0.00883. The van der Waals surface area contributed by atoms with E-state index in [9.17, 15) is 4.79 Å². The molecule has 1 atom stereocenters. The first kappa shape index (κ1) is 22.7. The molecule has 3 aromatic rings. The summed E-state index contributed by atoms with van der Waals surface area (Å²) in [7, 11) is 3.20. The summed E-state index contributed by atoms with van der Waals surface area (Å²) in [5.41, 5.74) is 8.40. The smallest absolute Gasteiger partial charge is 0.246 e. The number of methoxy groups -OCH3 is 2. The normalized spacial score (nSPS) is 15.6. The number of hydrogen-bond donors (Lipinski definition) is 1. The van der Waals surface area contributed by atoms with Gasteiger partial charge in [-0.15, -0.1) is 0 Å². The van der Waals surface area contributed by atoms with E-state index in [-0.39, 0.29) is 11.9 Å². The van der Waals surface area contributed by atoms with E-state index in [1.54, 1.807) is 32.4 Å². The van der Waals surface area contributed by atoms with Crippen LogP contribution in [0.5, 0.6) is 11.5 Å². The van der Waals surface area contributed by atoms with Gasteiger partial charge in [-0.2, -0.15) is 0 Å². The highest BCUT2D eigenvalue weighted by molar-refractivity contribution is 9.09. The second-order valence-electron chi connectivity index (χ2n) is 7.54. The van der Waals surface area contributed by atoms with Crippen molar-refractivity contribution in [1.29, 1.82) is 0 Å². The second-order valence-corrected chi connectivity index (χ2v) is 8.19. The lowest BCUT2D eigenvalue weighted by atomic mass is 10.1. The molecular formula is C24H24BrN5O3. The van der Waals surface area contributed by atoms with E-state index in [0.29, 0.717) is 46.8 Å². The summed E-state index contributed by atoms with van der Waals surface area (Å²) in [4.78, 5) is 22.9. The third-order valence-electron chi connectivity index (χ3n) is 5.55. The topological polar surface area (TPSA) is 95.5 Å². The molecule has 1 amide bonds. The fraction of sp³-hybridized carbons (Fsp3) is 0.292. The highest BCUT2D eigenvalue weighted by atomic mass is 79.9. The lowest BCUT2D eigenvalue weighted by Crippen LogP contribution is -2.27. The number of aromatic nitrogens is 3. The first-order valence-electron chi connectivity index (χ1n) is 10.4. The van der Waals surface area contributed by atoms with Crippen molar-refractivity contribution in [1.82, 2.24) is 19.4 Å². The van der Waals surface area contributed by atoms with Crippen LogP contribution in [0.4, 0.5) is 5.82 Å². The van der Waals surface area contributed by atoms with Gasteiger partial charge in [0, 0.05) is 36.2 Å². The Balaban J connectivity index is 1.69. The number of anilines is 1. The zero-order chi connectivity index (χ0) is 23.4. The number of likely N-dealkylation sites (tertiary alicyclic amines) is 1. The first-order chi connectivity index (χ1) is 16.0. The lowest BCUT2D eigenvalue weighted by Gasteiger charge is -2.16. The molecule has 1 aromatic carbocycles. The molecule has 2 N–H and O–H groups in total. The van der Waals surface area contributed by atoms with Crippen LogP contribution in [-0.2, 0) is 4.79 Å². The highest BCUT2D eigenvalue weighted by Gasteiger charge is 2.28. The molecule has 0 bridgehead atoms. The van der Waals surface area contributed by atoms with Crippen LogP contribution in [0.3, 0.4) is 0 Å². The highest BCUT2D eigenvalue weighted by Crippen LogP contribution is 2.31. The predicted molar refractivity (Wildman–Crippen MR) is 131 cm³/mol. The second kappa shape index (κ2) is 9.96. The van der Waals surface area contributed by atoms with Crippen molar-refractivity contribution < 1.29 is 14.3 Å². The van der Waals surface area contributed by atoms with Gasteiger partial charge >= 0.3 is 0 Å². The number of halogens is 1. The number of rotatable bonds is 5. The van der Waals surface area contributed by atoms with Crippen molar-refractivity contribution in [2.75, 3.05) is 38.4 Å². The third kappa shape index (κ3) is 4.81. The van der Waals surface area contributed by atoms with Gasteiger partial charge in [-0.25, -0.2) is 9.97 Å². The summed E-state index contributed by atoms with van der Waals surface area (Å²) in [6.45, 7) is 1.28. The quantitative estimate of drug-likeness (QED) is 0.322. The van der Waals surface area contributed by atoms with Crippen molar-refractivity contribution >= 4 is 38.7 Å². The van der Waals surface area contributed by atoms with E-state index in [0.717, 1.165) is 17.5 Å². The number of alkyl halides is 1. The van der Waals surface area contributed by atoms with Crippen LogP contribution in [0.2, 0.25) is 0 Å². The van der Waals surface area contributed by atoms with Gasteiger partial charge in [-0.3, -0.25) is 4.79 Å². The molecule has 0 radical (unpaired) electrons. The number of carbonyl (C=O) groups is 1. The molecule has 9 heteroatoms. The Hall–Kier alpha value is -3.51. The van der Waals surface area contributed by atoms with Gasteiger partial charge in [0.15, 0.2) is 0 Å². The number of nitrogen functional groups attached to an aromatic ring is 1. The Morgan fingerprint density at radius 1 is 1.24 bits per heavy atom. The molecule has 1 unspecified atom stereocenters. The number of nitrogens with two attached hydrogens (primary N) is 1. The lowest BCUT2D eigenvalue weighted by molar-refractivity contribution is -0.125. The Morgan fingerprint density at radius 2 is 2.00 bits per heavy atom. The van der Waals surface area contributed by atoms with Crippen LogP contribution >= 0.6 is 15.9 Å². The molecule has 1 aliphatic rings. The summed E-state index contributed by atoms with van der Waals surface area (Å²) in [6.07, 6.45) is 7.63. The Morgan fingerprint density at radius 3 is 2.70 bits per heavy atom. The van der Waals surface area contributed by atoms with Gasteiger partial charge in [-0.05, 0) is 24.6 Å². The molecule has 0 saturated carbocycles. The van der Waals surface area contributed by atoms with E-state index in [4.69, 9.17) is 15.2 Å². The molecule has 170 valence electrons. The van der Waals surface area contributed by atoms with Crippen molar-refractivity contribution in [2.45, 2.75) is 12.5 Å².